The average molecular weight is 294 g/mol. The van der Waals surface area contributed by atoms with Gasteiger partial charge in [0.2, 0.25) is 5.91 Å². The third kappa shape index (κ3) is 3.02. The van der Waals surface area contributed by atoms with Gasteiger partial charge in [0.25, 0.3) is 0 Å². The van der Waals surface area contributed by atoms with E-state index in [9.17, 15) is 13.2 Å². The molecule has 6 heteroatoms. The van der Waals surface area contributed by atoms with Gasteiger partial charge in [-0.3, -0.25) is 9.69 Å². The molecule has 0 radical (unpaired) electrons. The van der Waals surface area contributed by atoms with Gasteiger partial charge in [-0.2, -0.15) is 0 Å². The highest BCUT2D eigenvalue weighted by Crippen LogP contribution is 2.19. The van der Waals surface area contributed by atoms with Crippen LogP contribution in [0.1, 0.15) is 5.56 Å². The van der Waals surface area contributed by atoms with Gasteiger partial charge in [0.15, 0.2) is 9.84 Å². The molecule has 2 heterocycles. The SMILES string of the molecule is O=C1N[C@H]2CN(Cc3ccccc3)C[C@H]1CS(=O)(=O)C2. The molecule has 20 heavy (non-hydrogen) atoms. The van der Waals surface area contributed by atoms with E-state index in [0.29, 0.717) is 13.1 Å². The molecule has 2 saturated heterocycles. The molecule has 1 aromatic rings. The number of rotatable bonds is 2. The van der Waals surface area contributed by atoms with E-state index in [0.717, 1.165) is 6.54 Å². The number of carbonyl (C=O) groups excluding carboxylic acids is 1. The van der Waals surface area contributed by atoms with Crippen LogP contribution in [0.3, 0.4) is 0 Å². The Morgan fingerprint density at radius 2 is 1.90 bits per heavy atom. The maximum atomic E-state index is 12.0. The summed E-state index contributed by atoms with van der Waals surface area (Å²) in [6, 6.07) is 9.75. The summed E-state index contributed by atoms with van der Waals surface area (Å²) in [5, 5.41) is 2.85. The Balaban J connectivity index is 1.79. The van der Waals surface area contributed by atoms with E-state index in [4.69, 9.17) is 0 Å². The number of fused-ring (bicyclic) bond motifs is 3. The first kappa shape index (κ1) is 13.6. The first-order valence-corrected chi connectivity index (χ1v) is 8.61. The van der Waals surface area contributed by atoms with Crippen LogP contribution in [0.15, 0.2) is 30.3 Å². The van der Waals surface area contributed by atoms with Crippen molar-refractivity contribution in [3.8, 4) is 0 Å². The number of hydrogen-bond donors (Lipinski definition) is 1. The number of amides is 1. The molecule has 108 valence electrons. The third-order valence-corrected chi connectivity index (χ3v) is 5.65. The van der Waals surface area contributed by atoms with Crippen LogP contribution >= 0.6 is 0 Å². The van der Waals surface area contributed by atoms with Crippen LogP contribution in [-0.4, -0.2) is 49.9 Å². The van der Waals surface area contributed by atoms with Crippen molar-refractivity contribution in [1.29, 1.82) is 0 Å². The van der Waals surface area contributed by atoms with E-state index in [2.05, 4.69) is 10.2 Å². The van der Waals surface area contributed by atoms with Gasteiger partial charge in [-0.1, -0.05) is 30.3 Å². The summed E-state index contributed by atoms with van der Waals surface area (Å²) in [4.78, 5) is 14.2. The summed E-state index contributed by atoms with van der Waals surface area (Å²) >= 11 is 0. The number of hydrogen-bond acceptors (Lipinski definition) is 4. The van der Waals surface area contributed by atoms with E-state index >= 15 is 0 Å². The Morgan fingerprint density at radius 1 is 1.15 bits per heavy atom. The quantitative estimate of drug-likeness (QED) is 0.836. The molecule has 2 atom stereocenters. The van der Waals surface area contributed by atoms with Crippen molar-refractivity contribution < 1.29 is 13.2 Å². The molecule has 5 nitrogen and oxygen atoms in total. The third-order valence-electron chi connectivity index (χ3n) is 3.83. The molecule has 1 N–H and O–H groups in total. The fourth-order valence-electron chi connectivity index (χ4n) is 3.02. The molecule has 1 aromatic carbocycles. The molecule has 0 aromatic heterocycles. The van der Waals surface area contributed by atoms with Crippen molar-refractivity contribution in [3.05, 3.63) is 35.9 Å². The predicted octanol–water partition coefficient (Wildman–Crippen LogP) is 0.0316. The van der Waals surface area contributed by atoms with E-state index in [1.807, 2.05) is 30.3 Å². The Hall–Kier alpha value is -1.40. The highest BCUT2D eigenvalue weighted by Gasteiger charge is 2.38. The van der Waals surface area contributed by atoms with Crippen LogP contribution in [0, 0.1) is 5.92 Å². The molecule has 2 aliphatic heterocycles. The predicted molar refractivity (Wildman–Crippen MR) is 75.8 cm³/mol. The van der Waals surface area contributed by atoms with Crippen LogP contribution < -0.4 is 5.32 Å². The zero-order valence-corrected chi connectivity index (χ0v) is 12.0. The van der Waals surface area contributed by atoms with E-state index in [1.165, 1.54) is 5.56 Å². The number of nitrogens with zero attached hydrogens (tertiary/aromatic N) is 1. The fraction of sp³-hybridized carbons (Fsp3) is 0.500. The fourth-order valence-corrected chi connectivity index (χ4v) is 4.83. The van der Waals surface area contributed by atoms with Crippen molar-refractivity contribution in [2.24, 2.45) is 5.92 Å². The van der Waals surface area contributed by atoms with Crippen molar-refractivity contribution >= 4 is 15.7 Å². The maximum absolute atomic E-state index is 12.0. The van der Waals surface area contributed by atoms with Crippen molar-refractivity contribution in [1.82, 2.24) is 10.2 Å². The molecule has 0 saturated carbocycles. The van der Waals surface area contributed by atoms with Gasteiger partial charge in [-0.25, -0.2) is 8.42 Å². The minimum Gasteiger partial charge on any atom is -0.351 e. The highest BCUT2D eigenvalue weighted by molar-refractivity contribution is 7.91. The molecular weight excluding hydrogens is 276 g/mol. The second-order valence-corrected chi connectivity index (χ2v) is 7.81. The number of sulfone groups is 1. The minimum absolute atomic E-state index is 0.0272. The molecule has 0 unspecified atom stereocenters. The second-order valence-electron chi connectivity index (χ2n) is 5.66. The van der Waals surface area contributed by atoms with Crippen LogP contribution in [0.5, 0.6) is 0 Å². The Labute approximate surface area is 118 Å². The van der Waals surface area contributed by atoms with Crippen LogP contribution in [-0.2, 0) is 21.2 Å². The van der Waals surface area contributed by atoms with Crippen molar-refractivity contribution in [2.75, 3.05) is 24.6 Å². The molecular formula is C14H18N2O3S. The molecule has 2 fully saturated rings. The molecule has 0 aliphatic carbocycles. The van der Waals surface area contributed by atoms with Crippen molar-refractivity contribution in [3.63, 3.8) is 0 Å². The van der Waals surface area contributed by atoms with E-state index in [-0.39, 0.29) is 23.5 Å². The van der Waals surface area contributed by atoms with Gasteiger partial charge in [0.1, 0.15) is 0 Å². The normalized spacial score (nSPS) is 29.5. The molecule has 3 rings (SSSR count). The van der Waals surface area contributed by atoms with Gasteiger partial charge in [-0.05, 0) is 5.56 Å². The lowest BCUT2D eigenvalue weighted by molar-refractivity contribution is -0.124. The summed E-state index contributed by atoms with van der Waals surface area (Å²) in [5.41, 5.74) is 1.18. The monoisotopic (exact) mass is 294 g/mol. The topological polar surface area (TPSA) is 66.5 Å². The Kier molecular flexibility index (Phi) is 3.52. The maximum Gasteiger partial charge on any atom is 0.225 e. The first-order valence-electron chi connectivity index (χ1n) is 6.79. The van der Waals surface area contributed by atoms with Gasteiger partial charge in [0, 0.05) is 19.6 Å². The molecule has 2 aliphatic rings. The first-order chi connectivity index (χ1) is 9.52. The Morgan fingerprint density at radius 3 is 2.65 bits per heavy atom. The molecule has 2 bridgehead atoms. The zero-order valence-electron chi connectivity index (χ0n) is 11.2. The summed E-state index contributed by atoms with van der Waals surface area (Å²) in [6.45, 7) is 1.86. The summed E-state index contributed by atoms with van der Waals surface area (Å²) in [6.07, 6.45) is 0. The minimum atomic E-state index is -3.12. The van der Waals surface area contributed by atoms with Gasteiger partial charge >= 0.3 is 0 Å². The van der Waals surface area contributed by atoms with Crippen LogP contribution in [0.2, 0.25) is 0 Å². The van der Waals surface area contributed by atoms with Crippen molar-refractivity contribution in [2.45, 2.75) is 12.6 Å². The lowest BCUT2D eigenvalue weighted by atomic mass is 10.1. The highest BCUT2D eigenvalue weighted by atomic mass is 32.2. The van der Waals surface area contributed by atoms with Gasteiger partial charge in [-0.15, -0.1) is 0 Å². The molecule has 0 spiro atoms. The van der Waals surface area contributed by atoms with E-state index < -0.39 is 15.8 Å². The van der Waals surface area contributed by atoms with E-state index in [1.54, 1.807) is 0 Å². The number of carbonyl (C=O) groups is 1. The number of nitrogens with one attached hydrogen (secondary N) is 1. The van der Waals surface area contributed by atoms with Gasteiger partial charge < -0.3 is 5.32 Å². The largest absolute Gasteiger partial charge is 0.351 e. The summed E-state index contributed by atoms with van der Waals surface area (Å²) < 4.78 is 23.8. The lowest BCUT2D eigenvalue weighted by Crippen LogP contribution is -2.43. The summed E-state index contributed by atoms with van der Waals surface area (Å²) in [5.74, 6) is -0.538. The van der Waals surface area contributed by atoms with Crippen LogP contribution in [0.4, 0.5) is 0 Å². The van der Waals surface area contributed by atoms with Crippen LogP contribution in [0.25, 0.3) is 0 Å². The smallest absolute Gasteiger partial charge is 0.225 e. The van der Waals surface area contributed by atoms with Gasteiger partial charge in [0.05, 0.1) is 23.5 Å². The molecule has 1 amide bonds. The average Bonchev–Trinajstić information content (AvgIpc) is 2.55. The zero-order chi connectivity index (χ0) is 14.2. The standard InChI is InChI=1S/C14H18N2O3S/c17-14-12-7-16(6-11-4-2-1-3-5-11)8-13(15-14)10-20(18,19)9-12/h1-5,12-13H,6-10H2,(H,15,17)/t12-,13-/m0/s1. The second kappa shape index (κ2) is 5.18. The lowest BCUT2D eigenvalue weighted by Gasteiger charge is -2.27. The number of benzene rings is 1. The summed E-state index contributed by atoms with van der Waals surface area (Å²) in [7, 11) is -3.12. The Bertz CT molecular complexity index is 600.